The van der Waals surface area contributed by atoms with Crippen molar-refractivity contribution in [2.75, 3.05) is 7.11 Å². The fourth-order valence-corrected chi connectivity index (χ4v) is 4.23. The predicted molar refractivity (Wildman–Crippen MR) is 127 cm³/mol. The fraction of sp³-hybridized carbons (Fsp3) is 0.0833. The molecule has 162 valence electrons. The number of aromatic nitrogens is 1. The number of amides is 1. The van der Waals surface area contributed by atoms with Crippen molar-refractivity contribution in [2.45, 2.75) is 6.04 Å². The summed E-state index contributed by atoms with van der Waals surface area (Å²) in [5.74, 6) is 0.153. The highest BCUT2D eigenvalue weighted by molar-refractivity contribution is 6.36. The monoisotopic (exact) mass is 486 g/mol. The Kier molecular flexibility index (Phi) is 6.42. The van der Waals surface area contributed by atoms with Gasteiger partial charge in [0.15, 0.2) is 0 Å². The Hall–Kier alpha value is -2.99. The van der Waals surface area contributed by atoms with Gasteiger partial charge in [-0.2, -0.15) is 0 Å². The van der Waals surface area contributed by atoms with E-state index in [1.807, 2.05) is 0 Å². The van der Waals surface area contributed by atoms with Crippen LogP contribution >= 0.6 is 34.8 Å². The van der Waals surface area contributed by atoms with E-state index in [2.05, 4.69) is 10.3 Å². The molecule has 2 N–H and O–H groups in total. The molecule has 1 aromatic heterocycles. The number of carbonyl (C=O) groups excluding carboxylic acids is 1. The highest BCUT2D eigenvalue weighted by Crippen LogP contribution is 2.40. The van der Waals surface area contributed by atoms with Crippen LogP contribution in [0.2, 0.25) is 15.1 Å². The maximum absolute atomic E-state index is 13.1. The molecule has 3 aromatic carbocycles. The van der Waals surface area contributed by atoms with Crippen LogP contribution in [0.15, 0.2) is 66.9 Å². The zero-order chi connectivity index (χ0) is 22.8. The predicted octanol–water partition coefficient (Wildman–Crippen LogP) is 6.43. The van der Waals surface area contributed by atoms with Crippen LogP contribution in [0.25, 0.3) is 10.9 Å². The lowest BCUT2D eigenvalue weighted by molar-refractivity contribution is 0.0942. The number of nitrogens with zero attached hydrogens (tertiary/aromatic N) is 1. The fourth-order valence-electron chi connectivity index (χ4n) is 3.44. The van der Waals surface area contributed by atoms with Gasteiger partial charge >= 0.3 is 0 Å². The van der Waals surface area contributed by atoms with E-state index in [9.17, 15) is 9.90 Å². The normalized spacial score (nSPS) is 11.9. The van der Waals surface area contributed by atoms with E-state index in [1.165, 1.54) is 0 Å². The third kappa shape index (κ3) is 4.32. The van der Waals surface area contributed by atoms with Gasteiger partial charge < -0.3 is 15.2 Å². The summed E-state index contributed by atoms with van der Waals surface area (Å²) in [6.45, 7) is 0. The van der Waals surface area contributed by atoms with Crippen molar-refractivity contribution in [2.24, 2.45) is 0 Å². The van der Waals surface area contributed by atoms with Gasteiger partial charge in [0.2, 0.25) is 0 Å². The average Bonchev–Trinajstić information content (AvgIpc) is 2.80. The molecule has 1 atom stereocenters. The summed E-state index contributed by atoms with van der Waals surface area (Å²) >= 11 is 19.0. The Balaban J connectivity index is 1.84. The number of halogens is 3. The quantitative estimate of drug-likeness (QED) is 0.340. The van der Waals surface area contributed by atoms with Gasteiger partial charge in [0.05, 0.1) is 18.2 Å². The second-order valence-electron chi connectivity index (χ2n) is 7.00. The first kappa shape index (κ1) is 22.2. The smallest absolute Gasteiger partial charge is 0.252 e. The van der Waals surface area contributed by atoms with Gasteiger partial charge in [-0.1, -0.05) is 40.9 Å². The number of phenolic OH excluding ortho intramolecular Hbond substituents is 1. The molecule has 1 heterocycles. The third-order valence-corrected chi connectivity index (χ3v) is 5.93. The van der Waals surface area contributed by atoms with Gasteiger partial charge in [0, 0.05) is 32.8 Å². The molecular weight excluding hydrogens is 471 g/mol. The maximum Gasteiger partial charge on any atom is 0.252 e. The van der Waals surface area contributed by atoms with E-state index in [4.69, 9.17) is 39.5 Å². The second-order valence-corrected chi connectivity index (χ2v) is 8.25. The maximum atomic E-state index is 13.1. The lowest BCUT2D eigenvalue weighted by atomic mass is 9.95. The number of ether oxygens (including phenoxy) is 1. The van der Waals surface area contributed by atoms with Crippen LogP contribution in [0, 0.1) is 0 Å². The minimum atomic E-state index is -0.821. The number of carbonyl (C=O) groups is 1. The van der Waals surface area contributed by atoms with E-state index >= 15 is 0 Å². The summed E-state index contributed by atoms with van der Waals surface area (Å²) in [7, 11) is 1.55. The van der Waals surface area contributed by atoms with Crippen LogP contribution in [0.3, 0.4) is 0 Å². The van der Waals surface area contributed by atoms with E-state index in [0.29, 0.717) is 48.4 Å². The largest absolute Gasteiger partial charge is 0.505 e. The summed E-state index contributed by atoms with van der Waals surface area (Å²) in [4.78, 5) is 17.3. The van der Waals surface area contributed by atoms with Gasteiger partial charge in [-0.3, -0.25) is 9.78 Å². The van der Waals surface area contributed by atoms with Gasteiger partial charge in [-0.25, -0.2) is 0 Å². The molecule has 0 aliphatic heterocycles. The first-order valence-corrected chi connectivity index (χ1v) is 10.7. The number of pyridine rings is 1. The highest BCUT2D eigenvalue weighted by Gasteiger charge is 2.25. The molecule has 0 aliphatic rings. The minimum Gasteiger partial charge on any atom is -0.505 e. The van der Waals surface area contributed by atoms with Crippen molar-refractivity contribution in [3.8, 4) is 11.5 Å². The van der Waals surface area contributed by atoms with Crippen molar-refractivity contribution < 1.29 is 14.6 Å². The second kappa shape index (κ2) is 9.25. The first-order valence-electron chi connectivity index (χ1n) is 9.55. The van der Waals surface area contributed by atoms with Crippen LogP contribution in [0.5, 0.6) is 11.5 Å². The van der Waals surface area contributed by atoms with Crippen LogP contribution in [-0.4, -0.2) is 23.1 Å². The molecule has 0 saturated carbocycles. The standard InChI is InChI=1S/C24H17Cl3N2O3/c1-32-15-7-4-13(5-8-15)24(31)29-21(17-9-6-14(25)11-19(17)26)18-12-20(27)16-3-2-10-28-22(16)23(18)30/h2-12,21,30H,1H3,(H,29,31)/t21-/m0/s1. The number of hydrogen-bond donors (Lipinski definition) is 2. The number of nitrogens with one attached hydrogen (secondary N) is 1. The zero-order valence-electron chi connectivity index (χ0n) is 16.8. The summed E-state index contributed by atoms with van der Waals surface area (Å²) in [5, 5.41) is 15.7. The molecule has 0 unspecified atom stereocenters. The Labute approximate surface area is 199 Å². The van der Waals surface area contributed by atoms with Gasteiger partial charge in [-0.05, 0) is 60.2 Å². The Morgan fingerprint density at radius 3 is 2.44 bits per heavy atom. The Morgan fingerprint density at radius 1 is 1.00 bits per heavy atom. The molecular formula is C24H17Cl3N2O3. The molecule has 4 rings (SSSR count). The van der Waals surface area contributed by atoms with Gasteiger partial charge in [-0.15, -0.1) is 0 Å². The molecule has 1 amide bonds. The number of benzene rings is 3. The number of phenols is 1. The van der Waals surface area contributed by atoms with Crippen molar-refractivity contribution in [3.63, 3.8) is 0 Å². The molecule has 0 radical (unpaired) electrons. The molecule has 32 heavy (non-hydrogen) atoms. The molecule has 0 spiro atoms. The molecule has 8 heteroatoms. The van der Waals surface area contributed by atoms with E-state index in [-0.39, 0.29) is 11.7 Å². The first-order chi connectivity index (χ1) is 15.4. The van der Waals surface area contributed by atoms with Crippen molar-refractivity contribution in [1.82, 2.24) is 10.3 Å². The van der Waals surface area contributed by atoms with E-state index in [1.54, 1.807) is 74.0 Å². The van der Waals surface area contributed by atoms with E-state index < -0.39 is 6.04 Å². The summed E-state index contributed by atoms with van der Waals surface area (Å²) in [5.41, 5.74) is 1.63. The molecule has 0 aliphatic carbocycles. The van der Waals surface area contributed by atoms with E-state index in [0.717, 1.165) is 0 Å². The van der Waals surface area contributed by atoms with Crippen LogP contribution in [0.1, 0.15) is 27.5 Å². The Morgan fingerprint density at radius 2 is 1.75 bits per heavy atom. The number of rotatable bonds is 5. The topological polar surface area (TPSA) is 71.5 Å². The van der Waals surface area contributed by atoms with Crippen LogP contribution in [-0.2, 0) is 0 Å². The van der Waals surface area contributed by atoms with Crippen LogP contribution in [0.4, 0.5) is 0 Å². The zero-order valence-corrected chi connectivity index (χ0v) is 19.0. The van der Waals surface area contributed by atoms with Gasteiger partial charge in [0.25, 0.3) is 5.91 Å². The average molecular weight is 488 g/mol. The lowest BCUT2D eigenvalue weighted by Gasteiger charge is -2.23. The number of fused-ring (bicyclic) bond motifs is 1. The minimum absolute atomic E-state index is 0.101. The van der Waals surface area contributed by atoms with Gasteiger partial charge in [0.1, 0.15) is 17.0 Å². The van der Waals surface area contributed by atoms with Crippen molar-refractivity contribution >= 4 is 51.6 Å². The molecule has 0 bridgehead atoms. The Bertz CT molecular complexity index is 1310. The molecule has 4 aromatic rings. The summed E-state index contributed by atoms with van der Waals surface area (Å²) < 4.78 is 5.15. The SMILES string of the molecule is COc1ccc(C(=O)N[C@@H](c2ccc(Cl)cc2Cl)c2cc(Cl)c3cccnc3c2O)cc1. The molecule has 5 nitrogen and oxygen atoms in total. The number of methoxy groups -OCH3 is 1. The number of aromatic hydroxyl groups is 1. The van der Waals surface area contributed by atoms with Crippen molar-refractivity contribution in [3.05, 3.63) is 98.6 Å². The number of hydrogen-bond acceptors (Lipinski definition) is 4. The highest BCUT2D eigenvalue weighted by atomic mass is 35.5. The molecule has 0 fully saturated rings. The van der Waals surface area contributed by atoms with Crippen LogP contribution < -0.4 is 10.1 Å². The lowest BCUT2D eigenvalue weighted by Crippen LogP contribution is -2.29. The van der Waals surface area contributed by atoms with Crippen molar-refractivity contribution in [1.29, 1.82) is 0 Å². The summed E-state index contributed by atoms with van der Waals surface area (Å²) in [6, 6.07) is 15.9. The summed E-state index contributed by atoms with van der Waals surface area (Å²) in [6.07, 6.45) is 1.56. The molecule has 0 saturated heterocycles. The third-order valence-electron chi connectivity index (χ3n) is 5.06.